The Labute approximate surface area is 122 Å². The van der Waals surface area contributed by atoms with Gasteiger partial charge in [0.15, 0.2) is 0 Å². The Bertz CT molecular complexity index is 426. The molecule has 1 heterocycles. The van der Waals surface area contributed by atoms with E-state index < -0.39 is 6.10 Å². The molecule has 4 nitrogen and oxygen atoms in total. The molecular formula is C16H26N2O2. The molecule has 1 fully saturated rings. The highest BCUT2D eigenvalue weighted by Crippen LogP contribution is 2.25. The monoisotopic (exact) mass is 278 g/mol. The molecule has 0 amide bonds. The first kappa shape index (κ1) is 15.3. The summed E-state index contributed by atoms with van der Waals surface area (Å²) in [5.41, 5.74) is 2.13. The summed E-state index contributed by atoms with van der Waals surface area (Å²) in [6.45, 7) is 9.76. The number of piperazine rings is 1. The van der Waals surface area contributed by atoms with Crippen molar-refractivity contribution >= 4 is 0 Å². The number of nitrogens with zero attached hydrogens (tertiary/aromatic N) is 2. The first-order valence-corrected chi connectivity index (χ1v) is 7.44. The van der Waals surface area contributed by atoms with Crippen molar-refractivity contribution in [2.45, 2.75) is 26.5 Å². The third-order valence-electron chi connectivity index (χ3n) is 3.86. The van der Waals surface area contributed by atoms with E-state index in [0.29, 0.717) is 6.61 Å². The predicted molar refractivity (Wildman–Crippen MR) is 81.0 cm³/mol. The van der Waals surface area contributed by atoms with E-state index in [9.17, 15) is 5.11 Å². The minimum absolute atomic E-state index is 0.433. The van der Waals surface area contributed by atoms with Crippen molar-refractivity contribution in [2.75, 3.05) is 39.8 Å². The summed E-state index contributed by atoms with van der Waals surface area (Å²) in [6, 6.07) is 6.01. The Morgan fingerprint density at radius 1 is 1.25 bits per heavy atom. The molecule has 1 aliphatic rings. The highest BCUT2D eigenvalue weighted by molar-refractivity contribution is 5.38. The van der Waals surface area contributed by atoms with E-state index in [4.69, 9.17) is 4.74 Å². The van der Waals surface area contributed by atoms with Gasteiger partial charge in [-0.15, -0.1) is 0 Å². The van der Waals surface area contributed by atoms with E-state index >= 15 is 0 Å². The van der Waals surface area contributed by atoms with Crippen LogP contribution in [0.15, 0.2) is 18.2 Å². The number of rotatable bonds is 5. The van der Waals surface area contributed by atoms with Crippen LogP contribution in [0.25, 0.3) is 0 Å². The van der Waals surface area contributed by atoms with E-state index in [1.165, 1.54) is 5.56 Å². The van der Waals surface area contributed by atoms with Crippen LogP contribution in [0.1, 0.15) is 31.1 Å². The lowest BCUT2D eigenvalue weighted by Crippen LogP contribution is -2.43. The minimum atomic E-state index is -0.433. The van der Waals surface area contributed by atoms with Gasteiger partial charge < -0.3 is 14.7 Å². The average molecular weight is 278 g/mol. The van der Waals surface area contributed by atoms with Crippen molar-refractivity contribution in [3.05, 3.63) is 29.3 Å². The molecule has 0 aromatic heterocycles. The summed E-state index contributed by atoms with van der Waals surface area (Å²) in [5.74, 6) is 0.941. The SMILES string of the molecule is CCOc1ccc(C(C)O)cc1CN1CCN(C)CC1. The molecule has 4 heteroatoms. The molecular weight excluding hydrogens is 252 g/mol. The van der Waals surface area contributed by atoms with Crippen LogP contribution in [0.4, 0.5) is 0 Å². The summed E-state index contributed by atoms with van der Waals surface area (Å²) < 4.78 is 5.72. The number of aliphatic hydroxyl groups is 1. The number of hydrogen-bond donors (Lipinski definition) is 1. The Hall–Kier alpha value is -1.10. The van der Waals surface area contributed by atoms with Crippen LogP contribution in [0.5, 0.6) is 5.75 Å². The number of benzene rings is 1. The van der Waals surface area contributed by atoms with E-state index in [-0.39, 0.29) is 0 Å². The fourth-order valence-corrected chi connectivity index (χ4v) is 2.53. The maximum absolute atomic E-state index is 9.75. The number of ether oxygens (including phenoxy) is 1. The van der Waals surface area contributed by atoms with Crippen LogP contribution in [0.2, 0.25) is 0 Å². The summed E-state index contributed by atoms with van der Waals surface area (Å²) in [7, 11) is 2.16. The Balaban J connectivity index is 2.12. The topological polar surface area (TPSA) is 35.9 Å². The lowest BCUT2D eigenvalue weighted by atomic mass is 10.1. The number of aliphatic hydroxyl groups excluding tert-OH is 1. The predicted octanol–water partition coefficient (Wildman–Crippen LogP) is 1.89. The fraction of sp³-hybridized carbons (Fsp3) is 0.625. The normalized spacial score (nSPS) is 19.0. The van der Waals surface area contributed by atoms with Crippen molar-refractivity contribution in [1.82, 2.24) is 9.80 Å². The second-order valence-corrected chi connectivity index (χ2v) is 5.56. The summed E-state index contributed by atoms with van der Waals surface area (Å²) in [5, 5.41) is 9.75. The molecule has 1 N–H and O–H groups in total. The van der Waals surface area contributed by atoms with Gasteiger partial charge in [0.05, 0.1) is 12.7 Å². The van der Waals surface area contributed by atoms with Crippen molar-refractivity contribution in [2.24, 2.45) is 0 Å². The molecule has 1 aromatic carbocycles. The molecule has 1 aliphatic heterocycles. The Morgan fingerprint density at radius 3 is 2.55 bits per heavy atom. The maximum Gasteiger partial charge on any atom is 0.123 e. The van der Waals surface area contributed by atoms with Crippen molar-refractivity contribution < 1.29 is 9.84 Å². The second-order valence-electron chi connectivity index (χ2n) is 5.56. The standard InChI is InChI=1S/C16H26N2O2/c1-4-20-16-6-5-14(13(2)19)11-15(16)12-18-9-7-17(3)8-10-18/h5-6,11,13,19H,4,7-10,12H2,1-3H3. The zero-order chi connectivity index (χ0) is 14.5. The van der Waals surface area contributed by atoms with Gasteiger partial charge >= 0.3 is 0 Å². The molecule has 1 saturated heterocycles. The van der Waals surface area contributed by atoms with E-state index in [1.807, 2.05) is 19.1 Å². The fourth-order valence-electron chi connectivity index (χ4n) is 2.53. The zero-order valence-electron chi connectivity index (χ0n) is 12.8. The van der Waals surface area contributed by atoms with Crippen molar-refractivity contribution in [3.8, 4) is 5.75 Å². The largest absolute Gasteiger partial charge is 0.494 e. The van der Waals surface area contributed by atoms with Gasteiger partial charge in [-0.05, 0) is 38.6 Å². The van der Waals surface area contributed by atoms with Gasteiger partial charge in [-0.25, -0.2) is 0 Å². The zero-order valence-corrected chi connectivity index (χ0v) is 12.8. The number of likely N-dealkylation sites (N-methyl/N-ethyl adjacent to an activating group) is 1. The van der Waals surface area contributed by atoms with Crippen molar-refractivity contribution in [1.29, 1.82) is 0 Å². The molecule has 0 aliphatic carbocycles. The van der Waals surface area contributed by atoms with Gasteiger partial charge in [0.2, 0.25) is 0 Å². The lowest BCUT2D eigenvalue weighted by Gasteiger charge is -2.32. The van der Waals surface area contributed by atoms with Gasteiger partial charge in [0, 0.05) is 38.3 Å². The van der Waals surface area contributed by atoms with Crippen LogP contribution in [-0.2, 0) is 6.54 Å². The van der Waals surface area contributed by atoms with E-state index in [1.54, 1.807) is 6.92 Å². The molecule has 0 spiro atoms. The van der Waals surface area contributed by atoms with E-state index in [0.717, 1.165) is 44.0 Å². The number of hydrogen-bond acceptors (Lipinski definition) is 4. The van der Waals surface area contributed by atoms with Gasteiger partial charge in [-0.3, -0.25) is 4.90 Å². The summed E-state index contributed by atoms with van der Waals surface area (Å²) in [4.78, 5) is 4.80. The molecule has 1 atom stereocenters. The third kappa shape index (κ3) is 3.95. The lowest BCUT2D eigenvalue weighted by molar-refractivity contribution is 0.146. The van der Waals surface area contributed by atoms with E-state index in [2.05, 4.69) is 22.9 Å². The molecule has 0 radical (unpaired) electrons. The molecule has 1 unspecified atom stereocenters. The van der Waals surface area contributed by atoms with Crippen LogP contribution >= 0.6 is 0 Å². The second kappa shape index (κ2) is 7.07. The minimum Gasteiger partial charge on any atom is -0.494 e. The Morgan fingerprint density at radius 2 is 1.95 bits per heavy atom. The summed E-state index contributed by atoms with van der Waals surface area (Å²) in [6.07, 6.45) is -0.433. The highest BCUT2D eigenvalue weighted by atomic mass is 16.5. The smallest absolute Gasteiger partial charge is 0.123 e. The quantitative estimate of drug-likeness (QED) is 0.892. The first-order valence-electron chi connectivity index (χ1n) is 7.44. The van der Waals surface area contributed by atoms with Crippen molar-refractivity contribution in [3.63, 3.8) is 0 Å². The molecule has 20 heavy (non-hydrogen) atoms. The van der Waals surface area contributed by atoms with Gasteiger partial charge in [0.25, 0.3) is 0 Å². The molecule has 1 aromatic rings. The summed E-state index contributed by atoms with van der Waals surface area (Å²) >= 11 is 0. The highest BCUT2D eigenvalue weighted by Gasteiger charge is 2.16. The molecule has 0 saturated carbocycles. The van der Waals surface area contributed by atoms with Gasteiger partial charge in [0.1, 0.15) is 5.75 Å². The van der Waals surface area contributed by atoms with Crippen LogP contribution in [0, 0.1) is 0 Å². The van der Waals surface area contributed by atoms with Gasteiger partial charge in [-0.2, -0.15) is 0 Å². The van der Waals surface area contributed by atoms with Crippen LogP contribution in [-0.4, -0.2) is 54.7 Å². The molecule has 2 rings (SSSR count). The van der Waals surface area contributed by atoms with Gasteiger partial charge in [-0.1, -0.05) is 6.07 Å². The molecule has 0 bridgehead atoms. The third-order valence-corrected chi connectivity index (χ3v) is 3.86. The van der Waals surface area contributed by atoms with Crippen LogP contribution < -0.4 is 4.74 Å². The average Bonchev–Trinajstić information content (AvgIpc) is 2.43. The maximum atomic E-state index is 9.75. The Kier molecular flexibility index (Phi) is 5.40. The first-order chi connectivity index (χ1) is 9.60. The van der Waals surface area contributed by atoms with Crippen LogP contribution in [0.3, 0.4) is 0 Å². The molecule has 112 valence electrons.